The molecule has 0 saturated heterocycles. The van der Waals surface area contributed by atoms with E-state index in [2.05, 4.69) is 24.1 Å². The van der Waals surface area contributed by atoms with Gasteiger partial charge < -0.3 is 14.1 Å². The molecule has 0 aliphatic rings. The van der Waals surface area contributed by atoms with Crippen LogP contribution in [0.1, 0.15) is 12.0 Å². The highest BCUT2D eigenvalue weighted by Gasteiger charge is 2.08. The number of aryl methyl sites for hydroxylation is 1. The molecule has 3 rings (SSSR count). The van der Waals surface area contributed by atoms with E-state index in [1.165, 1.54) is 5.56 Å². The van der Waals surface area contributed by atoms with Gasteiger partial charge in [0.1, 0.15) is 5.75 Å². The second-order valence-corrected chi connectivity index (χ2v) is 5.93. The summed E-state index contributed by atoms with van der Waals surface area (Å²) in [6, 6.07) is 15.6. The fourth-order valence-electron chi connectivity index (χ4n) is 2.85. The normalized spacial score (nSPS) is 11.3. The lowest BCUT2D eigenvalue weighted by molar-refractivity contribution is 0.312. The predicted octanol–water partition coefficient (Wildman–Crippen LogP) is 3.13. The molecule has 5 heteroatoms. The van der Waals surface area contributed by atoms with E-state index in [-0.39, 0.29) is 5.76 Å². The smallest absolute Gasteiger partial charge is 0.419 e. The Hall–Kier alpha value is -2.53. The number of nitrogens with zero attached hydrogens (tertiary/aromatic N) is 2. The first-order valence-corrected chi connectivity index (χ1v) is 8.07. The van der Waals surface area contributed by atoms with E-state index >= 15 is 0 Å². The van der Waals surface area contributed by atoms with Crippen LogP contribution in [-0.4, -0.2) is 30.2 Å². The minimum atomic E-state index is -0.283. The molecule has 0 bridgehead atoms. The zero-order valence-corrected chi connectivity index (χ0v) is 14.1. The van der Waals surface area contributed by atoms with E-state index < -0.39 is 0 Å². The van der Waals surface area contributed by atoms with Crippen LogP contribution in [0.25, 0.3) is 11.1 Å². The lowest BCUT2D eigenvalue weighted by Crippen LogP contribution is -2.22. The number of para-hydroxylation sites is 2. The minimum absolute atomic E-state index is 0.283. The molecule has 0 spiro atoms. The Balaban J connectivity index is 1.55. The number of hydrogen-bond acceptors (Lipinski definition) is 4. The topological polar surface area (TPSA) is 47.6 Å². The molecule has 0 atom stereocenters. The Morgan fingerprint density at radius 3 is 2.62 bits per heavy atom. The number of fused-ring (bicyclic) bond motifs is 1. The standard InChI is InChI=1S/C19H22N2O3/c1-20(14-15-8-10-16(23-2)11-9-15)12-5-13-21-17-6-3-4-7-18(17)24-19(21)22/h3-4,6-11H,5,12-14H2,1-2H3. The van der Waals surface area contributed by atoms with E-state index in [9.17, 15) is 4.79 Å². The number of oxazole rings is 1. The highest BCUT2D eigenvalue weighted by atomic mass is 16.5. The maximum atomic E-state index is 11.9. The van der Waals surface area contributed by atoms with Gasteiger partial charge >= 0.3 is 5.76 Å². The second-order valence-electron chi connectivity index (χ2n) is 5.93. The van der Waals surface area contributed by atoms with Crippen LogP contribution in [0.5, 0.6) is 5.75 Å². The molecule has 1 heterocycles. The number of methoxy groups -OCH3 is 1. The van der Waals surface area contributed by atoms with Crippen molar-refractivity contribution in [2.75, 3.05) is 20.7 Å². The molecular formula is C19H22N2O3. The fourth-order valence-corrected chi connectivity index (χ4v) is 2.85. The first kappa shape index (κ1) is 16.3. The molecule has 0 radical (unpaired) electrons. The molecule has 24 heavy (non-hydrogen) atoms. The number of rotatable bonds is 7. The second kappa shape index (κ2) is 7.36. The Morgan fingerprint density at radius 2 is 1.88 bits per heavy atom. The van der Waals surface area contributed by atoms with Crippen LogP contribution in [0, 0.1) is 0 Å². The van der Waals surface area contributed by atoms with Gasteiger partial charge in [-0.15, -0.1) is 0 Å². The molecule has 0 saturated carbocycles. The van der Waals surface area contributed by atoms with Crippen molar-refractivity contribution in [1.82, 2.24) is 9.47 Å². The lowest BCUT2D eigenvalue weighted by atomic mass is 10.2. The molecule has 0 aliphatic carbocycles. The van der Waals surface area contributed by atoms with E-state index in [1.54, 1.807) is 11.7 Å². The third kappa shape index (κ3) is 3.68. The van der Waals surface area contributed by atoms with Crippen LogP contribution in [-0.2, 0) is 13.1 Å². The maximum absolute atomic E-state index is 11.9. The summed E-state index contributed by atoms with van der Waals surface area (Å²) in [5.74, 6) is 0.585. The Bertz CT molecular complexity index is 849. The average Bonchev–Trinajstić information content (AvgIpc) is 2.91. The first-order chi connectivity index (χ1) is 11.7. The molecule has 3 aromatic rings. The molecule has 0 aliphatic heterocycles. The Morgan fingerprint density at radius 1 is 1.12 bits per heavy atom. The van der Waals surface area contributed by atoms with Crippen LogP contribution in [0.4, 0.5) is 0 Å². The minimum Gasteiger partial charge on any atom is -0.497 e. The molecule has 0 amide bonds. The summed E-state index contributed by atoms with van der Waals surface area (Å²) in [5.41, 5.74) is 2.75. The van der Waals surface area contributed by atoms with Crippen LogP contribution >= 0.6 is 0 Å². The van der Waals surface area contributed by atoms with E-state index in [0.717, 1.165) is 30.8 Å². The average molecular weight is 326 g/mol. The van der Waals surface area contributed by atoms with Crippen molar-refractivity contribution in [3.05, 3.63) is 64.6 Å². The summed E-state index contributed by atoms with van der Waals surface area (Å²) in [6.45, 7) is 2.42. The Kier molecular flexibility index (Phi) is 5.01. The third-order valence-electron chi connectivity index (χ3n) is 4.11. The van der Waals surface area contributed by atoms with Gasteiger partial charge in [0.15, 0.2) is 5.58 Å². The summed E-state index contributed by atoms with van der Waals surface area (Å²) >= 11 is 0. The molecule has 2 aromatic carbocycles. The molecule has 0 N–H and O–H groups in total. The van der Waals surface area contributed by atoms with E-state index in [1.807, 2.05) is 36.4 Å². The van der Waals surface area contributed by atoms with E-state index in [4.69, 9.17) is 9.15 Å². The molecular weight excluding hydrogens is 304 g/mol. The summed E-state index contributed by atoms with van der Waals surface area (Å²) in [6.07, 6.45) is 0.885. The van der Waals surface area contributed by atoms with E-state index in [0.29, 0.717) is 12.1 Å². The van der Waals surface area contributed by atoms with Gasteiger partial charge in [-0.1, -0.05) is 24.3 Å². The summed E-state index contributed by atoms with van der Waals surface area (Å²) in [5, 5.41) is 0. The van der Waals surface area contributed by atoms with Crippen LogP contribution in [0.2, 0.25) is 0 Å². The van der Waals surface area contributed by atoms with Crippen LogP contribution in [0.15, 0.2) is 57.7 Å². The van der Waals surface area contributed by atoms with Crippen molar-refractivity contribution in [2.45, 2.75) is 19.5 Å². The van der Waals surface area contributed by atoms with Crippen molar-refractivity contribution in [3.63, 3.8) is 0 Å². The molecule has 126 valence electrons. The summed E-state index contributed by atoms with van der Waals surface area (Å²) < 4.78 is 12.1. The maximum Gasteiger partial charge on any atom is 0.419 e. The number of ether oxygens (including phenoxy) is 1. The quantitative estimate of drug-likeness (QED) is 0.669. The zero-order valence-electron chi connectivity index (χ0n) is 14.1. The van der Waals surface area contributed by atoms with Gasteiger partial charge in [-0.25, -0.2) is 4.79 Å². The number of hydrogen-bond donors (Lipinski definition) is 0. The van der Waals surface area contributed by atoms with Crippen LogP contribution < -0.4 is 10.5 Å². The zero-order chi connectivity index (χ0) is 16.9. The number of aromatic nitrogens is 1. The van der Waals surface area contributed by atoms with Gasteiger partial charge in [0.2, 0.25) is 0 Å². The van der Waals surface area contributed by atoms with Crippen molar-refractivity contribution < 1.29 is 9.15 Å². The number of benzene rings is 2. The van der Waals surface area contributed by atoms with Gasteiger partial charge in [-0.2, -0.15) is 0 Å². The molecule has 0 unspecified atom stereocenters. The van der Waals surface area contributed by atoms with Gasteiger partial charge in [0, 0.05) is 13.1 Å². The highest BCUT2D eigenvalue weighted by molar-refractivity contribution is 5.72. The van der Waals surface area contributed by atoms with Crippen molar-refractivity contribution in [2.24, 2.45) is 0 Å². The van der Waals surface area contributed by atoms with Crippen molar-refractivity contribution >= 4 is 11.1 Å². The molecule has 1 aromatic heterocycles. The van der Waals surface area contributed by atoms with Crippen molar-refractivity contribution in [1.29, 1.82) is 0 Å². The largest absolute Gasteiger partial charge is 0.497 e. The summed E-state index contributed by atoms with van der Waals surface area (Å²) in [4.78, 5) is 14.2. The monoisotopic (exact) mass is 326 g/mol. The first-order valence-electron chi connectivity index (χ1n) is 8.07. The van der Waals surface area contributed by atoms with Crippen LogP contribution in [0.3, 0.4) is 0 Å². The lowest BCUT2D eigenvalue weighted by Gasteiger charge is -2.16. The highest BCUT2D eigenvalue weighted by Crippen LogP contribution is 2.14. The van der Waals surface area contributed by atoms with Gasteiger partial charge in [-0.05, 0) is 49.8 Å². The molecule has 0 fully saturated rings. The fraction of sp³-hybridized carbons (Fsp3) is 0.316. The Labute approximate surface area is 141 Å². The molecule has 5 nitrogen and oxygen atoms in total. The van der Waals surface area contributed by atoms with Gasteiger partial charge in [0.05, 0.1) is 12.6 Å². The SMILES string of the molecule is COc1ccc(CN(C)CCCn2c(=O)oc3ccccc32)cc1. The van der Waals surface area contributed by atoms with Crippen molar-refractivity contribution in [3.8, 4) is 5.75 Å². The third-order valence-corrected chi connectivity index (χ3v) is 4.11. The van der Waals surface area contributed by atoms with Gasteiger partial charge in [0.25, 0.3) is 0 Å². The van der Waals surface area contributed by atoms with Gasteiger partial charge in [-0.3, -0.25) is 4.57 Å². The summed E-state index contributed by atoms with van der Waals surface area (Å²) in [7, 11) is 3.75. The predicted molar refractivity (Wildman–Crippen MR) is 94.4 cm³/mol.